The van der Waals surface area contributed by atoms with E-state index in [1.54, 1.807) is 49.8 Å². The van der Waals surface area contributed by atoms with Crippen molar-refractivity contribution in [2.75, 3.05) is 5.32 Å². The van der Waals surface area contributed by atoms with Gasteiger partial charge >= 0.3 is 6.09 Å². The monoisotopic (exact) mass is 446 g/mol. The van der Waals surface area contributed by atoms with Crippen LogP contribution in [0.5, 0.6) is 0 Å². The van der Waals surface area contributed by atoms with Gasteiger partial charge in [-0.2, -0.15) is 5.10 Å². The molecular formula is C24H26N6O3. The van der Waals surface area contributed by atoms with Gasteiger partial charge in [0.25, 0.3) is 0 Å². The number of anilines is 1. The maximum atomic E-state index is 12.2. The lowest BCUT2D eigenvalue weighted by atomic mass is 10.0. The highest BCUT2D eigenvalue weighted by atomic mass is 16.6. The first-order chi connectivity index (χ1) is 15.6. The number of carbonyl (C=O) groups is 2. The van der Waals surface area contributed by atoms with Crippen LogP contribution in [0.25, 0.3) is 27.7 Å². The van der Waals surface area contributed by atoms with E-state index < -0.39 is 11.7 Å². The van der Waals surface area contributed by atoms with Crippen molar-refractivity contribution in [3.8, 4) is 11.1 Å². The van der Waals surface area contributed by atoms with Crippen molar-refractivity contribution in [2.24, 2.45) is 0 Å². The second-order valence-electron chi connectivity index (χ2n) is 8.87. The Labute approximate surface area is 191 Å². The summed E-state index contributed by atoms with van der Waals surface area (Å²) in [6, 6.07) is 5.50. The van der Waals surface area contributed by atoms with Crippen molar-refractivity contribution in [3.05, 3.63) is 47.7 Å². The van der Waals surface area contributed by atoms with Crippen LogP contribution in [0.15, 0.2) is 30.6 Å². The third kappa shape index (κ3) is 4.52. The second-order valence-corrected chi connectivity index (χ2v) is 8.87. The fraction of sp³-hybridized carbons (Fsp3) is 0.333. The average molecular weight is 447 g/mol. The van der Waals surface area contributed by atoms with Gasteiger partial charge < -0.3 is 4.74 Å². The minimum atomic E-state index is -0.616. The van der Waals surface area contributed by atoms with Crippen molar-refractivity contribution in [1.29, 1.82) is 0 Å². The van der Waals surface area contributed by atoms with Crippen LogP contribution in [-0.2, 0) is 4.74 Å². The molecule has 0 atom stereocenters. The first-order valence-corrected chi connectivity index (χ1v) is 10.7. The molecule has 0 spiro atoms. The minimum Gasteiger partial charge on any atom is -0.444 e. The van der Waals surface area contributed by atoms with Crippen molar-refractivity contribution in [3.63, 3.8) is 0 Å². The second kappa shape index (κ2) is 8.23. The van der Waals surface area contributed by atoms with E-state index in [4.69, 9.17) is 4.74 Å². The molecule has 0 aromatic carbocycles. The molecule has 170 valence electrons. The van der Waals surface area contributed by atoms with Gasteiger partial charge in [-0.25, -0.2) is 19.3 Å². The van der Waals surface area contributed by atoms with E-state index >= 15 is 0 Å². The van der Waals surface area contributed by atoms with Gasteiger partial charge in [-0.3, -0.25) is 15.1 Å². The van der Waals surface area contributed by atoms with Crippen LogP contribution in [0, 0.1) is 13.8 Å². The molecule has 0 bridgehead atoms. The fourth-order valence-corrected chi connectivity index (χ4v) is 3.57. The van der Waals surface area contributed by atoms with Crippen LogP contribution < -0.4 is 5.32 Å². The number of nitrogens with zero attached hydrogens (tertiary/aromatic N) is 5. The fourth-order valence-electron chi connectivity index (χ4n) is 3.57. The van der Waals surface area contributed by atoms with Crippen LogP contribution in [0.4, 0.5) is 10.6 Å². The first-order valence-electron chi connectivity index (χ1n) is 10.7. The summed E-state index contributed by atoms with van der Waals surface area (Å²) in [5, 5.41) is 8.03. The molecule has 33 heavy (non-hydrogen) atoms. The number of fused-ring (bicyclic) bond motifs is 3. The Hall–Kier alpha value is -3.88. The predicted molar refractivity (Wildman–Crippen MR) is 125 cm³/mol. The van der Waals surface area contributed by atoms with Crippen molar-refractivity contribution in [2.45, 2.75) is 53.6 Å². The highest BCUT2D eigenvalue weighted by Gasteiger charge is 2.19. The molecule has 0 aliphatic heterocycles. The Bertz CT molecular complexity index is 1400. The Kier molecular flexibility index (Phi) is 5.57. The molecule has 0 aliphatic carbocycles. The topological polar surface area (TPSA) is 111 Å². The molecule has 9 heteroatoms. The standard InChI is InChI=1S/C24H26N6O3/c1-7-20(31)18-8-13(2)17(12-25-18)16-9-15-11-26-21(28-23(32)33-24(4,5)6)10-19(15)30-22(16)27-14(3)29-30/h8-12H,7H2,1-6H3,(H,26,28,32). The molecule has 0 unspecified atom stereocenters. The quantitative estimate of drug-likeness (QED) is 0.444. The van der Waals surface area contributed by atoms with Crippen LogP contribution in [0.2, 0.25) is 0 Å². The number of hydrogen-bond acceptors (Lipinski definition) is 7. The normalized spacial score (nSPS) is 11.7. The number of rotatable bonds is 4. The zero-order chi connectivity index (χ0) is 23.9. The highest BCUT2D eigenvalue weighted by molar-refractivity contribution is 5.96. The summed E-state index contributed by atoms with van der Waals surface area (Å²) in [4.78, 5) is 37.6. The molecule has 0 fully saturated rings. The van der Waals surface area contributed by atoms with E-state index in [0.717, 1.165) is 27.6 Å². The lowest BCUT2D eigenvalue weighted by Crippen LogP contribution is -2.27. The number of nitrogens with one attached hydrogen (secondary N) is 1. The summed E-state index contributed by atoms with van der Waals surface area (Å²) < 4.78 is 7.04. The van der Waals surface area contributed by atoms with Crippen LogP contribution in [0.1, 0.15) is 56.0 Å². The molecular weight excluding hydrogens is 420 g/mol. The number of aryl methyl sites for hydroxylation is 2. The number of aromatic nitrogens is 5. The summed E-state index contributed by atoms with van der Waals surface area (Å²) in [5.41, 5.74) is 3.83. The Morgan fingerprint density at radius 1 is 1.06 bits per heavy atom. The number of carbonyl (C=O) groups excluding carboxylic acids is 2. The Balaban J connectivity index is 1.82. The molecule has 0 aliphatic rings. The Morgan fingerprint density at radius 2 is 1.82 bits per heavy atom. The number of ketones is 1. The van der Waals surface area contributed by atoms with Gasteiger partial charge in [-0.15, -0.1) is 0 Å². The molecule has 4 aromatic heterocycles. The Morgan fingerprint density at radius 3 is 2.48 bits per heavy atom. The highest BCUT2D eigenvalue weighted by Crippen LogP contribution is 2.31. The van der Waals surface area contributed by atoms with Crippen molar-refractivity contribution in [1.82, 2.24) is 24.6 Å². The summed E-state index contributed by atoms with van der Waals surface area (Å²) in [6.45, 7) is 11.0. The average Bonchev–Trinajstić information content (AvgIpc) is 3.13. The number of amides is 1. The molecule has 0 saturated carbocycles. The van der Waals surface area contributed by atoms with E-state index in [-0.39, 0.29) is 5.78 Å². The largest absolute Gasteiger partial charge is 0.444 e. The molecule has 4 rings (SSSR count). The van der Waals surface area contributed by atoms with Gasteiger partial charge in [0.2, 0.25) is 0 Å². The van der Waals surface area contributed by atoms with Crippen LogP contribution in [-0.4, -0.2) is 42.0 Å². The molecule has 4 heterocycles. The molecule has 0 saturated heterocycles. The molecule has 9 nitrogen and oxygen atoms in total. The van der Waals surface area contributed by atoms with Crippen LogP contribution in [0.3, 0.4) is 0 Å². The molecule has 1 N–H and O–H groups in total. The SMILES string of the molecule is CCC(=O)c1cc(C)c(-c2cc3cnc(NC(=O)OC(C)(C)C)cc3n3nc(C)nc23)cn1. The summed E-state index contributed by atoms with van der Waals surface area (Å²) in [6.07, 6.45) is 3.19. The van der Waals surface area contributed by atoms with Gasteiger partial charge in [0.05, 0.1) is 5.52 Å². The number of pyridine rings is 3. The number of ether oxygens (including phenoxy) is 1. The van der Waals surface area contributed by atoms with E-state index in [0.29, 0.717) is 29.4 Å². The van der Waals surface area contributed by atoms with E-state index in [1.807, 2.05) is 26.8 Å². The van der Waals surface area contributed by atoms with Crippen LogP contribution >= 0.6 is 0 Å². The summed E-state index contributed by atoms with van der Waals surface area (Å²) in [5.74, 6) is 0.950. The van der Waals surface area contributed by atoms with Gasteiger partial charge in [0, 0.05) is 41.4 Å². The summed E-state index contributed by atoms with van der Waals surface area (Å²) in [7, 11) is 0. The minimum absolute atomic E-state index is 0.000785. The first kappa shape index (κ1) is 22.3. The van der Waals surface area contributed by atoms with Crippen molar-refractivity contribution >= 4 is 34.2 Å². The van der Waals surface area contributed by atoms with Gasteiger partial charge in [0.1, 0.15) is 22.9 Å². The molecule has 0 radical (unpaired) electrons. The van der Waals surface area contributed by atoms with E-state index in [2.05, 4.69) is 25.4 Å². The van der Waals surface area contributed by atoms with Gasteiger partial charge in [0.15, 0.2) is 11.4 Å². The third-order valence-electron chi connectivity index (χ3n) is 5.03. The smallest absolute Gasteiger partial charge is 0.413 e. The molecule has 4 aromatic rings. The van der Waals surface area contributed by atoms with E-state index in [1.165, 1.54) is 0 Å². The number of hydrogen-bond donors (Lipinski definition) is 1. The van der Waals surface area contributed by atoms with Crippen molar-refractivity contribution < 1.29 is 14.3 Å². The lowest BCUT2D eigenvalue weighted by Gasteiger charge is -2.19. The lowest BCUT2D eigenvalue weighted by molar-refractivity contribution is 0.0635. The maximum absolute atomic E-state index is 12.2. The third-order valence-corrected chi connectivity index (χ3v) is 5.03. The predicted octanol–water partition coefficient (Wildman–Crippen LogP) is 4.90. The summed E-state index contributed by atoms with van der Waals surface area (Å²) >= 11 is 0. The zero-order valence-electron chi connectivity index (χ0n) is 19.6. The zero-order valence-corrected chi connectivity index (χ0v) is 19.6. The molecule has 1 amide bonds. The van der Waals surface area contributed by atoms with Gasteiger partial charge in [-0.1, -0.05) is 6.92 Å². The maximum Gasteiger partial charge on any atom is 0.413 e. The van der Waals surface area contributed by atoms with Gasteiger partial charge in [-0.05, 0) is 52.3 Å². The van der Waals surface area contributed by atoms with E-state index in [9.17, 15) is 9.59 Å². The number of Topliss-reactive ketones (excluding diaryl/α,β-unsaturated/α-hetero) is 1.